The molecule has 0 fully saturated rings. The molecule has 0 heterocycles. The highest BCUT2D eigenvalue weighted by molar-refractivity contribution is 5.90. The second kappa shape index (κ2) is 10.5. The number of ether oxygens (including phenoxy) is 3. The van der Waals surface area contributed by atoms with Crippen LogP contribution in [0.25, 0.3) is 11.6 Å². The smallest absolute Gasteiger partial charge is 0.349 e. The molecular weight excluding hydrogens is 414 g/mol. The molecule has 5 nitrogen and oxygen atoms in total. The maximum atomic E-state index is 12.5. The van der Waals surface area contributed by atoms with E-state index in [2.05, 4.69) is 26.8 Å². The molecule has 0 radical (unpaired) electrons. The predicted octanol–water partition coefficient (Wildman–Crippen LogP) is 6.04. The van der Waals surface area contributed by atoms with Crippen LogP contribution in [-0.4, -0.2) is 19.7 Å². The molecule has 0 amide bonds. The van der Waals surface area contributed by atoms with E-state index in [1.807, 2.05) is 54.6 Å². The van der Waals surface area contributed by atoms with Gasteiger partial charge in [0.15, 0.2) is 18.1 Å². The van der Waals surface area contributed by atoms with Gasteiger partial charge in [0.2, 0.25) is 0 Å². The van der Waals surface area contributed by atoms with Crippen LogP contribution in [-0.2, 0) is 10.2 Å². The molecule has 3 aromatic rings. The van der Waals surface area contributed by atoms with E-state index in [4.69, 9.17) is 14.2 Å². The minimum atomic E-state index is -0.540. The molecule has 0 saturated heterocycles. The number of methoxy groups -OCH3 is 1. The van der Waals surface area contributed by atoms with E-state index in [0.29, 0.717) is 17.1 Å². The van der Waals surface area contributed by atoms with Crippen molar-refractivity contribution in [3.63, 3.8) is 0 Å². The number of nitriles is 1. The summed E-state index contributed by atoms with van der Waals surface area (Å²) in [4.78, 5) is 12.5. The molecule has 0 spiro atoms. The summed E-state index contributed by atoms with van der Waals surface area (Å²) in [5.41, 5.74) is 2.99. The van der Waals surface area contributed by atoms with Crippen molar-refractivity contribution in [2.24, 2.45) is 0 Å². The highest BCUT2D eigenvalue weighted by Crippen LogP contribution is 2.32. The van der Waals surface area contributed by atoms with Crippen LogP contribution in [0.3, 0.4) is 0 Å². The first-order chi connectivity index (χ1) is 15.8. The van der Waals surface area contributed by atoms with Crippen LogP contribution in [0.15, 0.2) is 72.8 Å². The second-order valence-corrected chi connectivity index (χ2v) is 8.46. The third kappa shape index (κ3) is 6.24. The number of carbonyl (C=O) groups excluding carboxylic acids is 1. The normalized spacial score (nSPS) is 11.4. The van der Waals surface area contributed by atoms with E-state index < -0.39 is 5.97 Å². The Morgan fingerprint density at radius 3 is 2.30 bits per heavy atom. The van der Waals surface area contributed by atoms with Crippen LogP contribution in [0, 0.1) is 11.3 Å². The molecule has 3 rings (SSSR count). The van der Waals surface area contributed by atoms with Gasteiger partial charge in [0.25, 0.3) is 0 Å². The predicted molar refractivity (Wildman–Crippen MR) is 129 cm³/mol. The van der Waals surface area contributed by atoms with Crippen molar-refractivity contribution >= 4 is 17.6 Å². The van der Waals surface area contributed by atoms with Gasteiger partial charge in [-0.1, -0.05) is 75.4 Å². The lowest BCUT2D eigenvalue weighted by molar-refractivity contribution is -0.136. The number of allylic oxidation sites excluding steroid dienone is 1. The highest BCUT2D eigenvalue weighted by atomic mass is 16.6. The Morgan fingerprint density at radius 1 is 0.939 bits per heavy atom. The fourth-order valence-electron chi connectivity index (χ4n) is 3.32. The van der Waals surface area contributed by atoms with Crippen molar-refractivity contribution in [2.45, 2.75) is 26.2 Å². The van der Waals surface area contributed by atoms with Gasteiger partial charge in [0.1, 0.15) is 5.75 Å². The van der Waals surface area contributed by atoms with Crippen LogP contribution in [0.4, 0.5) is 0 Å². The largest absolute Gasteiger partial charge is 0.493 e. The SMILES string of the molecule is COc1cc(C=C(C#N)c2ccccc2)ccc1OC(=O)COc1ccccc1C(C)(C)C. The molecule has 0 saturated carbocycles. The molecule has 0 aliphatic carbocycles. The zero-order valence-electron chi connectivity index (χ0n) is 19.3. The van der Waals surface area contributed by atoms with Gasteiger partial charge in [-0.3, -0.25) is 0 Å². The van der Waals surface area contributed by atoms with Gasteiger partial charge in [0.05, 0.1) is 18.8 Å². The first-order valence-corrected chi connectivity index (χ1v) is 10.6. The maximum absolute atomic E-state index is 12.5. The van der Waals surface area contributed by atoms with E-state index >= 15 is 0 Å². The third-order valence-electron chi connectivity index (χ3n) is 4.97. The number of benzene rings is 3. The maximum Gasteiger partial charge on any atom is 0.349 e. The Bertz CT molecular complexity index is 1180. The molecule has 0 aliphatic rings. The zero-order valence-corrected chi connectivity index (χ0v) is 19.3. The number of para-hydroxylation sites is 1. The molecule has 5 heteroatoms. The average molecular weight is 442 g/mol. The second-order valence-electron chi connectivity index (χ2n) is 8.46. The van der Waals surface area contributed by atoms with Crippen LogP contribution >= 0.6 is 0 Å². The number of esters is 1. The van der Waals surface area contributed by atoms with Gasteiger partial charge in [0, 0.05) is 0 Å². The molecule has 0 N–H and O–H groups in total. The number of carbonyl (C=O) groups is 1. The van der Waals surface area contributed by atoms with Gasteiger partial charge in [-0.25, -0.2) is 4.79 Å². The van der Waals surface area contributed by atoms with Crippen LogP contribution < -0.4 is 14.2 Å². The van der Waals surface area contributed by atoms with Gasteiger partial charge < -0.3 is 14.2 Å². The Balaban J connectivity index is 1.73. The lowest BCUT2D eigenvalue weighted by atomic mass is 9.86. The fraction of sp³-hybridized carbons (Fsp3) is 0.214. The standard InChI is InChI=1S/C28H27NO4/c1-28(2,3)23-12-8-9-13-24(23)32-19-27(30)33-25-15-14-20(17-26(25)31-4)16-22(18-29)21-10-6-5-7-11-21/h5-17H,19H2,1-4H3. The highest BCUT2D eigenvalue weighted by Gasteiger charge is 2.19. The number of hydrogen-bond donors (Lipinski definition) is 0. The zero-order chi connectivity index (χ0) is 23.8. The van der Waals surface area contributed by atoms with Crippen LogP contribution in [0.1, 0.15) is 37.5 Å². The molecule has 0 unspecified atom stereocenters. The van der Waals surface area contributed by atoms with Crippen molar-refractivity contribution in [3.8, 4) is 23.3 Å². The van der Waals surface area contributed by atoms with E-state index in [-0.39, 0.29) is 17.8 Å². The lowest BCUT2D eigenvalue weighted by Gasteiger charge is -2.22. The topological polar surface area (TPSA) is 68.5 Å². The number of nitrogens with zero attached hydrogens (tertiary/aromatic N) is 1. The van der Waals surface area contributed by atoms with E-state index in [9.17, 15) is 10.1 Å². The quantitative estimate of drug-likeness (QED) is 0.193. The summed E-state index contributed by atoms with van der Waals surface area (Å²) in [7, 11) is 1.50. The van der Waals surface area contributed by atoms with E-state index in [0.717, 1.165) is 16.7 Å². The van der Waals surface area contributed by atoms with Crippen molar-refractivity contribution in [2.75, 3.05) is 13.7 Å². The molecule has 33 heavy (non-hydrogen) atoms. The Kier molecular flexibility index (Phi) is 7.53. The molecular formula is C28H27NO4. The van der Waals surface area contributed by atoms with E-state index in [1.165, 1.54) is 7.11 Å². The molecule has 0 bridgehead atoms. The van der Waals surface area contributed by atoms with Crippen molar-refractivity contribution < 1.29 is 19.0 Å². The summed E-state index contributed by atoms with van der Waals surface area (Å²) in [6.45, 7) is 6.03. The van der Waals surface area contributed by atoms with Crippen LogP contribution in [0.5, 0.6) is 17.2 Å². The molecule has 168 valence electrons. The molecule has 0 atom stereocenters. The van der Waals surface area contributed by atoms with Crippen LogP contribution in [0.2, 0.25) is 0 Å². The minimum absolute atomic E-state index is 0.116. The first-order valence-electron chi connectivity index (χ1n) is 10.6. The minimum Gasteiger partial charge on any atom is -0.493 e. The van der Waals surface area contributed by atoms with Gasteiger partial charge in [-0.2, -0.15) is 5.26 Å². The lowest BCUT2D eigenvalue weighted by Crippen LogP contribution is -2.20. The number of rotatable bonds is 7. The monoisotopic (exact) mass is 441 g/mol. The third-order valence-corrected chi connectivity index (χ3v) is 4.97. The Labute approximate surface area is 194 Å². The van der Waals surface area contributed by atoms with Crippen molar-refractivity contribution in [1.82, 2.24) is 0 Å². The average Bonchev–Trinajstić information content (AvgIpc) is 2.82. The van der Waals surface area contributed by atoms with E-state index in [1.54, 1.807) is 24.3 Å². The first kappa shape index (κ1) is 23.6. The Morgan fingerprint density at radius 2 is 1.64 bits per heavy atom. The summed E-state index contributed by atoms with van der Waals surface area (Å²) in [6.07, 6.45) is 1.76. The van der Waals surface area contributed by atoms with Gasteiger partial charge >= 0.3 is 5.97 Å². The number of hydrogen-bond acceptors (Lipinski definition) is 5. The summed E-state index contributed by atoms with van der Waals surface area (Å²) in [5.74, 6) is 0.782. The molecule has 0 aromatic heterocycles. The summed E-state index contributed by atoms with van der Waals surface area (Å²) in [5, 5.41) is 9.53. The molecule has 3 aromatic carbocycles. The Hall–Kier alpha value is -4.04. The molecule has 0 aliphatic heterocycles. The summed E-state index contributed by atoms with van der Waals surface area (Å²) >= 11 is 0. The summed E-state index contributed by atoms with van der Waals surface area (Å²) < 4.78 is 16.6. The summed E-state index contributed by atoms with van der Waals surface area (Å²) in [6, 6.07) is 24.4. The fourth-order valence-corrected chi connectivity index (χ4v) is 3.32. The van der Waals surface area contributed by atoms with Crippen molar-refractivity contribution in [3.05, 3.63) is 89.5 Å². The van der Waals surface area contributed by atoms with Gasteiger partial charge in [-0.15, -0.1) is 0 Å². The van der Waals surface area contributed by atoms with Gasteiger partial charge in [-0.05, 0) is 46.4 Å². The van der Waals surface area contributed by atoms with Crippen molar-refractivity contribution in [1.29, 1.82) is 5.26 Å².